The van der Waals surface area contributed by atoms with Crippen LogP contribution in [0.4, 0.5) is 0 Å². The maximum Gasteiger partial charge on any atom is 0.219 e. The van der Waals surface area contributed by atoms with E-state index in [9.17, 15) is 0 Å². The molecule has 80 valence electrons. The SMILES string of the molecule is CNN1C=NC(N(C)C)N=C1N(C)C. The van der Waals surface area contributed by atoms with Crippen molar-refractivity contribution >= 4 is 12.3 Å². The molecule has 0 spiro atoms. The lowest BCUT2D eigenvalue weighted by molar-refractivity contribution is 0.289. The molecule has 0 aromatic rings. The van der Waals surface area contributed by atoms with Gasteiger partial charge in [0.15, 0.2) is 0 Å². The molecule has 0 fully saturated rings. The van der Waals surface area contributed by atoms with E-state index >= 15 is 0 Å². The van der Waals surface area contributed by atoms with Crippen molar-refractivity contribution in [3.8, 4) is 0 Å². The summed E-state index contributed by atoms with van der Waals surface area (Å²) in [5.41, 5.74) is 2.99. The maximum absolute atomic E-state index is 4.47. The zero-order chi connectivity index (χ0) is 10.7. The first-order valence-electron chi connectivity index (χ1n) is 4.47. The van der Waals surface area contributed by atoms with E-state index in [0.29, 0.717) is 0 Å². The minimum atomic E-state index is -0.128. The van der Waals surface area contributed by atoms with Crippen molar-refractivity contribution in [1.82, 2.24) is 20.2 Å². The molecule has 0 radical (unpaired) electrons. The number of hydrazine groups is 1. The van der Waals surface area contributed by atoms with Gasteiger partial charge < -0.3 is 4.90 Å². The summed E-state index contributed by atoms with van der Waals surface area (Å²) < 4.78 is 0. The first-order valence-corrected chi connectivity index (χ1v) is 4.47. The summed E-state index contributed by atoms with van der Waals surface area (Å²) in [4.78, 5) is 12.6. The molecule has 1 aliphatic rings. The summed E-state index contributed by atoms with van der Waals surface area (Å²) in [6.45, 7) is 0. The summed E-state index contributed by atoms with van der Waals surface area (Å²) in [5.74, 6) is 0.848. The van der Waals surface area contributed by atoms with E-state index in [2.05, 4.69) is 15.4 Å². The van der Waals surface area contributed by atoms with Crippen LogP contribution in [-0.4, -0.2) is 68.6 Å². The van der Waals surface area contributed by atoms with Crippen LogP contribution in [0.3, 0.4) is 0 Å². The second kappa shape index (κ2) is 4.39. The molecule has 0 amide bonds. The van der Waals surface area contributed by atoms with Gasteiger partial charge in [-0.25, -0.2) is 20.4 Å². The molecular weight excluding hydrogens is 180 g/mol. The number of hydrogen-bond acceptors (Lipinski definition) is 6. The Morgan fingerprint density at radius 3 is 2.43 bits per heavy atom. The largest absolute Gasteiger partial charge is 0.347 e. The second-order valence-corrected chi connectivity index (χ2v) is 3.49. The fraction of sp³-hybridized carbons (Fsp3) is 0.750. The smallest absolute Gasteiger partial charge is 0.219 e. The molecule has 1 N–H and O–H groups in total. The van der Waals surface area contributed by atoms with Crippen LogP contribution in [0.25, 0.3) is 0 Å². The minimum Gasteiger partial charge on any atom is -0.347 e. The number of nitrogens with one attached hydrogen (secondary N) is 1. The second-order valence-electron chi connectivity index (χ2n) is 3.49. The Hall–Kier alpha value is -1.14. The quantitative estimate of drug-likeness (QED) is 0.633. The number of hydrogen-bond donors (Lipinski definition) is 1. The van der Waals surface area contributed by atoms with Crippen molar-refractivity contribution in [3.63, 3.8) is 0 Å². The van der Waals surface area contributed by atoms with Gasteiger partial charge in [0.1, 0.15) is 6.34 Å². The van der Waals surface area contributed by atoms with Gasteiger partial charge in [0.05, 0.1) is 0 Å². The van der Waals surface area contributed by atoms with Crippen LogP contribution >= 0.6 is 0 Å². The molecule has 0 bridgehead atoms. The number of nitrogens with zero attached hydrogens (tertiary/aromatic N) is 5. The lowest BCUT2D eigenvalue weighted by Gasteiger charge is -2.31. The molecule has 0 saturated carbocycles. The van der Waals surface area contributed by atoms with E-state index in [1.165, 1.54) is 0 Å². The van der Waals surface area contributed by atoms with E-state index in [-0.39, 0.29) is 6.29 Å². The molecule has 6 heteroatoms. The fourth-order valence-corrected chi connectivity index (χ4v) is 1.11. The van der Waals surface area contributed by atoms with E-state index in [0.717, 1.165) is 5.96 Å². The Morgan fingerprint density at radius 2 is 2.00 bits per heavy atom. The van der Waals surface area contributed by atoms with Crippen molar-refractivity contribution in [2.75, 3.05) is 35.2 Å². The van der Waals surface area contributed by atoms with Gasteiger partial charge in [-0.2, -0.15) is 0 Å². The van der Waals surface area contributed by atoms with E-state index in [1.807, 2.05) is 45.0 Å². The van der Waals surface area contributed by atoms with Crippen LogP contribution in [0.1, 0.15) is 0 Å². The molecule has 0 aromatic heterocycles. The summed E-state index contributed by atoms with van der Waals surface area (Å²) in [6.07, 6.45) is 1.62. The van der Waals surface area contributed by atoms with Gasteiger partial charge >= 0.3 is 0 Å². The minimum absolute atomic E-state index is 0.128. The average molecular weight is 198 g/mol. The van der Waals surface area contributed by atoms with Crippen molar-refractivity contribution in [1.29, 1.82) is 0 Å². The molecule has 1 atom stereocenters. The van der Waals surface area contributed by atoms with E-state index < -0.39 is 0 Å². The highest BCUT2D eigenvalue weighted by atomic mass is 15.6. The Kier molecular flexibility index (Phi) is 3.43. The average Bonchev–Trinajstić information content (AvgIpc) is 2.16. The highest BCUT2D eigenvalue weighted by Crippen LogP contribution is 2.05. The molecule has 1 heterocycles. The predicted octanol–water partition coefficient (Wildman–Crippen LogP) is -0.772. The van der Waals surface area contributed by atoms with E-state index in [4.69, 9.17) is 0 Å². The van der Waals surface area contributed by atoms with Crippen LogP contribution in [0.2, 0.25) is 0 Å². The van der Waals surface area contributed by atoms with Crippen LogP contribution in [-0.2, 0) is 0 Å². The zero-order valence-corrected chi connectivity index (χ0v) is 9.39. The highest BCUT2D eigenvalue weighted by molar-refractivity contribution is 5.90. The number of guanidine groups is 1. The third kappa shape index (κ3) is 2.21. The molecule has 1 rings (SSSR count). The van der Waals surface area contributed by atoms with Gasteiger partial charge in [0.2, 0.25) is 12.2 Å². The third-order valence-electron chi connectivity index (χ3n) is 1.86. The first kappa shape index (κ1) is 10.9. The molecule has 1 unspecified atom stereocenters. The molecule has 6 nitrogen and oxygen atoms in total. The zero-order valence-electron chi connectivity index (χ0n) is 9.39. The summed E-state index contributed by atoms with van der Waals surface area (Å²) in [7, 11) is 9.65. The van der Waals surface area contributed by atoms with Gasteiger partial charge in [-0.3, -0.25) is 4.90 Å². The van der Waals surface area contributed by atoms with Crippen LogP contribution in [0, 0.1) is 0 Å². The lowest BCUT2D eigenvalue weighted by atomic mass is 10.6. The number of rotatable bonds is 2. The van der Waals surface area contributed by atoms with Crippen molar-refractivity contribution in [3.05, 3.63) is 0 Å². The van der Waals surface area contributed by atoms with Crippen LogP contribution in [0.15, 0.2) is 9.98 Å². The van der Waals surface area contributed by atoms with Gasteiger partial charge in [-0.15, -0.1) is 0 Å². The van der Waals surface area contributed by atoms with Crippen molar-refractivity contribution < 1.29 is 0 Å². The standard InChI is InChI=1S/C8H18N6/c1-9-14-6-10-7(12(2)3)11-8(14)13(4)5/h6-7,9H,1-5H3. The molecule has 1 aliphatic heterocycles. The van der Waals surface area contributed by atoms with Gasteiger partial charge in [0, 0.05) is 21.1 Å². The predicted molar refractivity (Wildman–Crippen MR) is 58.0 cm³/mol. The summed E-state index contributed by atoms with van der Waals surface area (Å²) >= 11 is 0. The maximum atomic E-state index is 4.47. The topological polar surface area (TPSA) is 46.5 Å². The molecule has 14 heavy (non-hydrogen) atoms. The van der Waals surface area contributed by atoms with Crippen LogP contribution in [0.5, 0.6) is 0 Å². The van der Waals surface area contributed by atoms with Crippen molar-refractivity contribution in [2.45, 2.75) is 6.29 Å². The van der Waals surface area contributed by atoms with Gasteiger partial charge in [-0.1, -0.05) is 0 Å². The summed E-state index contributed by atoms with van der Waals surface area (Å²) in [5, 5.41) is 1.78. The Balaban J connectivity index is 2.83. The molecule has 0 aliphatic carbocycles. The Morgan fingerprint density at radius 1 is 1.36 bits per heavy atom. The molecular formula is C8H18N6. The van der Waals surface area contributed by atoms with Gasteiger partial charge in [-0.05, 0) is 14.1 Å². The first-order chi connectivity index (χ1) is 6.56. The summed E-state index contributed by atoms with van der Waals surface area (Å²) in [6, 6.07) is 0. The Labute approximate surface area is 84.9 Å². The van der Waals surface area contributed by atoms with Gasteiger partial charge in [0.25, 0.3) is 0 Å². The fourth-order valence-electron chi connectivity index (χ4n) is 1.11. The molecule has 0 saturated heterocycles. The lowest BCUT2D eigenvalue weighted by Crippen LogP contribution is -2.50. The third-order valence-corrected chi connectivity index (χ3v) is 1.86. The number of aliphatic imine (C=N–C) groups is 2. The van der Waals surface area contributed by atoms with E-state index in [1.54, 1.807) is 11.3 Å². The normalized spacial score (nSPS) is 21.4. The van der Waals surface area contributed by atoms with Crippen LogP contribution < -0.4 is 5.43 Å². The highest BCUT2D eigenvalue weighted by Gasteiger charge is 2.19. The Bertz CT molecular complexity index is 244. The van der Waals surface area contributed by atoms with Crippen molar-refractivity contribution in [2.24, 2.45) is 9.98 Å². The monoisotopic (exact) mass is 198 g/mol. The molecule has 0 aromatic carbocycles.